The second kappa shape index (κ2) is 8.42. The van der Waals surface area contributed by atoms with E-state index in [4.69, 9.17) is 4.98 Å². The second-order valence-electron chi connectivity index (χ2n) is 7.57. The maximum Gasteiger partial charge on any atom is 0.269 e. The Hall–Kier alpha value is -3.14. The molecule has 3 heterocycles. The molecule has 0 saturated carbocycles. The molecule has 0 spiro atoms. The Balaban J connectivity index is 1.54. The molecule has 5 rings (SSSR count). The second-order valence-corrected chi connectivity index (χ2v) is 9.71. The van der Waals surface area contributed by atoms with Gasteiger partial charge in [-0.1, -0.05) is 19.1 Å². The molecule has 4 aromatic rings. The van der Waals surface area contributed by atoms with Crippen LogP contribution in [0.2, 0.25) is 0 Å². The van der Waals surface area contributed by atoms with Crippen molar-refractivity contribution in [2.45, 2.75) is 19.9 Å². The van der Waals surface area contributed by atoms with Gasteiger partial charge in [0.1, 0.15) is 10.0 Å². The highest BCUT2D eigenvalue weighted by molar-refractivity contribution is 7.23. The van der Waals surface area contributed by atoms with Gasteiger partial charge in [-0.3, -0.25) is 19.8 Å². The van der Waals surface area contributed by atoms with Gasteiger partial charge in [-0.25, -0.2) is 4.98 Å². The number of benzene rings is 2. The molecule has 0 radical (unpaired) electrons. The molecule has 32 heavy (non-hydrogen) atoms. The van der Waals surface area contributed by atoms with Crippen molar-refractivity contribution in [1.82, 2.24) is 9.88 Å². The number of aromatic nitrogens is 1. The van der Waals surface area contributed by atoms with Crippen LogP contribution >= 0.6 is 22.7 Å². The van der Waals surface area contributed by atoms with Crippen LogP contribution in [0.1, 0.15) is 27.7 Å². The van der Waals surface area contributed by atoms with Crippen LogP contribution in [-0.2, 0) is 13.0 Å². The van der Waals surface area contributed by atoms with Gasteiger partial charge in [0.15, 0.2) is 0 Å². The molecular weight excluding hydrogens is 444 g/mol. The van der Waals surface area contributed by atoms with E-state index < -0.39 is 4.92 Å². The zero-order valence-electron chi connectivity index (χ0n) is 17.3. The fourth-order valence-corrected chi connectivity index (χ4v) is 6.33. The van der Waals surface area contributed by atoms with Gasteiger partial charge in [0.05, 0.1) is 15.1 Å². The molecule has 0 fully saturated rings. The number of carbonyl (C=O) groups is 1. The van der Waals surface area contributed by atoms with Crippen LogP contribution in [0, 0.1) is 10.1 Å². The molecule has 2 aromatic carbocycles. The number of nitro benzene ring substituents is 1. The number of para-hydroxylation sites is 1. The number of thiazole rings is 1. The first-order valence-corrected chi connectivity index (χ1v) is 12.0. The molecular formula is C23H20N4O3S2. The monoisotopic (exact) mass is 464 g/mol. The molecule has 0 atom stereocenters. The highest BCUT2D eigenvalue weighted by atomic mass is 32.1. The molecule has 162 valence electrons. The largest absolute Gasteiger partial charge is 0.313 e. The topological polar surface area (TPSA) is 88.4 Å². The number of hydrogen-bond donors (Lipinski definition) is 1. The summed E-state index contributed by atoms with van der Waals surface area (Å²) in [7, 11) is 0. The summed E-state index contributed by atoms with van der Waals surface area (Å²) >= 11 is 3.23. The number of thiophene rings is 1. The van der Waals surface area contributed by atoms with E-state index in [2.05, 4.69) is 23.2 Å². The summed E-state index contributed by atoms with van der Waals surface area (Å²) in [6.07, 6.45) is 0.915. The van der Waals surface area contributed by atoms with Crippen molar-refractivity contribution in [3.05, 3.63) is 74.6 Å². The lowest BCUT2D eigenvalue weighted by Crippen LogP contribution is -2.29. The first kappa shape index (κ1) is 20.7. The minimum absolute atomic E-state index is 0.0389. The number of nitrogens with one attached hydrogen (secondary N) is 1. The van der Waals surface area contributed by atoms with E-state index in [1.165, 1.54) is 34.7 Å². The minimum atomic E-state index is -0.472. The fraction of sp³-hybridized carbons (Fsp3) is 0.217. The van der Waals surface area contributed by atoms with Crippen molar-refractivity contribution in [3.8, 4) is 10.6 Å². The van der Waals surface area contributed by atoms with Gasteiger partial charge in [-0.2, -0.15) is 0 Å². The maximum absolute atomic E-state index is 13.0. The van der Waals surface area contributed by atoms with E-state index in [0.717, 1.165) is 51.8 Å². The van der Waals surface area contributed by atoms with Crippen LogP contribution in [0.4, 0.5) is 10.7 Å². The molecule has 0 aliphatic carbocycles. The SMILES string of the molecule is CCN1CCc2c(sc(NC(=O)c3ccc([N+](=O)[O-])cc3)c2-c2nc3ccccc3s2)C1. The highest BCUT2D eigenvalue weighted by Crippen LogP contribution is 2.45. The Bertz CT molecular complexity index is 1290. The van der Waals surface area contributed by atoms with Crippen molar-refractivity contribution >= 4 is 49.5 Å². The molecule has 1 amide bonds. The normalized spacial score (nSPS) is 13.8. The number of fused-ring (bicyclic) bond motifs is 2. The van der Waals surface area contributed by atoms with Gasteiger partial charge in [-0.05, 0) is 42.8 Å². The molecule has 2 aromatic heterocycles. The Morgan fingerprint density at radius 3 is 2.69 bits per heavy atom. The predicted octanol–water partition coefficient (Wildman–Crippen LogP) is 5.56. The number of nitro groups is 1. The summed E-state index contributed by atoms with van der Waals surface area (Å²) in [5, 5.41) is 15.7. The van der Waals surface area contributed by atoms with Crippen molar-refractivity contribution in [1.29, 1.82) is 0 Å². The summed E-state index contributed by atoms with van der Waals surface area (Å²) in [6.45, 7) is 4.98. The van der Waals surface area contributed by atoms with Crippen LogP contribution in [0.5, 0.6) is 0 Å². The van der Waals surface area contributed by atoms with Crippen LogP contribution in [0.25, 0.3) is 20.8 Å². The average Bonchev–Trinajstić information content (AvgIpc) is 3.38. The van der Waals surface area contributed by atoms with Crippen molar-refractivity contribution in [3.63, 3.8) is 0 Å². The molecule has 1 N–H and O–H groups in total. The predicted molar refractivity (Wildman–Crippen MR) is 129 cm³/mol. The van der Waals surface area contributed by atoms with Crippen LogP contribution in [0.15, 0.2) is 48.5 Å². The van der Waals surface area contributed by atoms with Crippen molar-refractivity contribution < 1.29 is 9.72 Å². The number of amides is 1. The Morgan fingerprint density at radius 1 is 1.19 bits per heavy atom. The fourth-order valence-electron chi connectivity index (χ4n) is 3.93. The third-order valence-corrected chi connectivity index (χ3v) is 7.84. The third kappa shape index (κ3) is 3.79. The Kier molecular flexibility index (Phi) is 5.46. The lowest BCUT2D eigenvalue weighted by Gasteiger charge is -2.25. The Morgan fingerprint density at radius 2 is 1.97 bits per heavy atom. The summed E-state index contributed by atoms with van der Waals surface area (Å²) < 4.78 is 1.11. The number of carbonyl (C=O) groups excluding carboxylic acids is 1. The first-order valence-electron chi connectivity index (χ1n) is 10.3. The molecule has 1 aliphatic heterocycles. The van der Waals surface area contributed by atoms with E-state index in [1.54, 1.807) is 22.7 Å². The summed E-state index contributed by atoms with van der Waals surface area (Å²) in [5.74, 6) is -0.284. The van der Waals surface area contributed by atoms with E-state index in [1.807, 2.05) is 18.2 Å². The minimum Gasteiger partial charge on any atom is -0.313 e. The van der Waals surface area contributed by atoms with Gasteiger partial charge in [-0.15, -0.1) is 22.7 Å². The summed E-state index contributed by atoms with van der Waals surface area (Å²) in [4.78, 5) is 31.9. The maximum atomic E-state index is 13.0. The van der Waals surface area contributed by atoms with E-state index in [9.17, 15) is 14.9 Å². The molecule has 0 bridgehead atoms. The molecule has 7 nitrogen and oxygen atoms in total. The smallest absolute Gasteiger partial charge is 0.269 e. The quantitative estimate of drug-likeness (QED) is 0.308. The number of likely N-dealkylation sites (N-methyl/N-ethyl adjacent to an activating group) is 1. The highest BCUT2D eigenvalue weighted by Gasteiger charge is 2.27. The van der Waals surface area contributed by atoms with Gasteiger partial charge in [0.25, 0.3) is 11.6 Å². The third-order valence-electron chi connectivity index (χ3n) is 5.66. The van der Waals surface area contributed by atoms with E-state index in [-0.39, 0.29) is 11.6 Å². The number of hydrogen-bond acceptors (Lipinski definition) is 7. The van der Waals surface area contributed by atoms with Crippen LogP contribution < -0.4 is 5.32 Å². The average molecular weight is 465 g/mol. The number of rotatable bonds is 5. The van der Waals surface area contributed by atoms with E-state index in [0.29, 0.717) is 5.56 Å². The summed E-state index contributed by atoms with van der Waals surface area (Å²) in [5.41, 5.74) is 3.57. The van der Waals surface area contributed by atoms with Gasteiger partial charge in [0.2, 0.25) is 0 Å². The molecule has 9 heteroatoms. The Labute approximate surface area is 192 Å². The summed E-state index contributed by atoms with van der Waals surface area (Å²) in [6, 6.07) is 13.7. The molecule has 1 aliphatic rings. The van der Waals surface area contributed by atoms with Gasteiger partial charge >= 0.3 is 0 Å². The van der Waals surface area contributed by atoms with Gasteiger partial charge in [0, 0.05) is 41.2 Å². The molecule has 0 unspecified atom stereocenters. The number of anilines is 1. The zero-order chi connectivity index (χ0) is 22.2. The first-order chi connectivity index (χ1) is 15.5. The number of nitrogens with zero attached hydrogens (tertiary/aromatic N) is 3. The van der Waals surface area contributed by atoms with Crippen molar-refractivity contribution in [2.75, 3.05) is 18.4 Å². The van der Waals surface area contributed by atoms with Crippen molar-refractivity contribution in [2.24, 2.45) is 0 Å². The zero-order valence-corrected chi connectivity index (χ0v) is 19.0. The van der Waals surface area contributed by atoms with Gasteiger partial charge < -0.3 is 5.32 Å². The molecule has 0 saturated heterocycles. The van der Waals surface area contributed by atoms with Crippen LogP contribution in [-0.4, -0.2) is 33.8 Å². The number of non-ortho nitro benzene ring substituents is 1. The standard InChI is InChI=1S/C23H20N4O3S2/c1-2-26-12-11-16-19(13-26)32-23(20(16)22-24-17-5-3-4-6-18(17)31-22)25-21(28)14-7-9-15(10-8-14)27(29)30/h3-10H,2,11-13H2,1H3,(H,25,28). The lowest BCUT2D eigenvalue weighted by atomic mass is 10.0. The lowest BCUT2D eigenvalue weighted by molar-refractivity contribution is -0.384. The van der Waals surface area contributed by atoms with Crippen LogP contribution in [0.3, 0.4) is 0 Å². The van der Waals surface area contributed by atoms with E-state index >= 15 is 0 Å².